The number of benzene rings is 2. The highest BCUT2D eigenvalue weighted by molar-refractivity contribution is 7.99. The van der Waals surface area contributed by atoms with Crippen molar-refractivity contribution in [3.05, 3.63) is 64.5 Å². The second-order valence-corrected chi connectivity index (χ2v) is 6.17. The normalized spacial score (nSPS) is 12.4. The van der Waals surface area contributed by atoms with Gasteiger partial charge in [0.25, 0.3) is 0 Å². The van der Waals surface area contributed by atoms with Crippen LogP contribution in [0.2, 0.25) is 0 Å². The van der Waals surface area contributed by atoms with Crippen molar-refractivity contribution in [2.75, 3.05) is 5.75 Å². The lowest BCUT2D eigenvalue weighted by atomic mass is 9.98. The second kappa shape index (κ2) is 6.42. The van der Waals surface area contributed by atoms with Gasteiger partial charge in [0.15, 0.2) is 0 Å². The third-order valence-corrected chi connectivity index (χ3v) is 4.55. The van der Waals surface area contributed by atoms with Crippen LogP contribution in [0.5, 0.6) is 0 Å². The molecule has 0 aliphatic carbocycles. The molecule has 0 spiro atoms. The van der Waals surface area contributed by atoms with Gasteiger partial charge in [0.2, 0.25) is 0 Å². The third kappa shape index (κ3) is 3.62. The molecule has 1 nitrogen and oxygen atoms in total. The molecule has 0 aromatic heterocycles. The van der Waals surface area contributed by atoms with Crippen molar-refractivity contribution >= 4 is 11.8 Å². The highest BCUT2D eigenvalue weighted by Gasteiger charge is 2.12. The summed E-state index contributed by atoms with van der Waals surface area (Å²) in [6.45, 7) is 6.15. The Bertz CT molecular complexity index is 593. The molecule has 2 aromatic carbocycles. The van der Waals surface area contributed by atoms with Gasteiger partial charge in [-0.15, -0.1) is 11.8 Å². The zero-order valence-corrected chi connectivity index (χ0v) is 12.8. The van der Waals surface area contributed by atoms with E-state index in [1.54, 1.807) is 12.1 Å². The molecule has 0 saturated heterocycles. The molecule has 2 aromatic rings. The van der Waals surface area contributed by atoms with E-state index in [4.69, 9.17) is 0 Å². The minimum absolute atomic E-state index is 0.236. The zero-order chi connectivity index (χ0) is 14.7. The van der Waals surface area contributed by atoms with E-state index in [9.17, 15) is 9.50 Å². The van der Waals surface area contributed by atoms with Crippen molar-refractivity contribution in [3.63, 3.8) is 0 Å². The minimum atomic E-state index is -0.510. The van der Waals surface area contributed by atoms with Crippen molar-refractivity contribution in [1.29, 1.82) is 0 Å². The van der Waals surface area contributed by atoms with Crippen LogP contribution in [0, 0.1) is 26.6 Å². The number of halogens is 1. The summed E-state index contributed by atoms with van der Waals surface area (Å²) in [4.78, 5) is 0.965. The molecule has 3 heteroatoms. The third-order valence-electron chi connectivity index (χ3n) is 3.46. The Labute approximate surface area is 123 Å². The summed E-state index contributed by atoms with van der Waals surface area (Å²) in [5.74, 6) is 0.328. The largest absolute Gasteiger partial charge is 0.388 e. The smallest absolute Gasteiger partial charge is 0.123 e. The van der Waals surface area contributed by atoms with Gasteiger partial charge in [-0.2, -0.15) is 0 Å². The van der Waals surface area contributed by atoms with Crippen LogP contribution >= 0.6 is 11.8 Å². The maximum Gasteiger partial charge on any atom is 0.123 e. The first-order valence-corrected chi connectivity index (χ1v) is 7.60. The van der Waals surface area contributed by atoms with Gasteiger partial charge >= 0.3 is 0 Å². The van der Waals surface area contributed by atoms with Crippen molar-refractivity contribution < 1.29 is 9.50 Å². The minimum Gasteiger partial charge on any atom is -0.388 e. The van der Waals surface area contributed by atoms with Crippen LogP contribution in [0.1, 0.15) is 28.4 Å². The Morgan fingerprint density at radius 3 is 2.25 bits per heavy atom. The SMILES string of the molecule is Cc1cc(C)c(C(O)CSc2ccc(F)cc2)cc1C. The van der Waals surface area contributed by atoms with Crippen LogP contribution in [-0.4, -0.2) is 10.9 Å². The van der Waals surface area contributed by atoms with Crippen molar-refractivity contribution in [2.45, 2.75) is 31.8 Å². The first-order valence-electron chi connectivity index (χ1n) is 6.61. The van der Waals surface area contributed by atoms with Crippen molar-refractivity contribution in [3.8, 4) is 0 Å². The van der Waals surface area contributed by atoms with E-state index in [-0.39, 0.29) is 5.82 Å². The van der Waals surface area contributed by atoms with Crippen LogP contribution in [0.4, 0.5) is 4.39 Å². The molecule has 0 bridgehead atoms. The first-order chi connectivity index (χ1) is 9.47. The molecular formula is C17H19FOS. The molecule has 0 amide bonds. The molecular weight excluding hydrogens is 271 g/mol. The van der Waals surface area contributed by atoms with Crippen LogP contribution in [0.25, 0.3) is 0 Å². The van der Waals surface area contributed by atoms with Gasteiger partial charge in [-0.3, -0.25) is 0 Å². The Balaban J connectivity index is 2.06. The fraction of sp³-hybridized carbons (Fsp3) is 0.294. The topological polar surface area (TPSA) is 20.2 Å². The van der Waals surface area contributed by atoms with E-state index in [2.05, 4.69) is 26.0 Å². The summed E-state index contributed by atoms with van der Waals surface area (Å²) >= 11 is 1.53. The van der Waals surface area contributed by atoms with Crippen molar-refractivity contribution in [1.82, 2.24) is 0 Å². The predicted molar refractivity (Wildman–Crippen MR) is 82.7 cm³/mol. The molecule has 20 heavy (non-hydrogen) atoms. The molecule has 0 radical (unpaired) electrons. The van der Waals surface area contributed by atoms with E-state index < -0.39 is 6.10 Å². The summed E-state index contributed by atoms with van der Waals surface area (Å²) < 4.78 is 12.8. The molecule has 1 atom stereocenters. The lowest BCUT2D eigenvalue weighted by Gasteiger charge is -2.15. The van der Waals surface area contributed by atoms with Gasteiger partial charge in [0, 0.05) is 10.6 Å². The average molecular weight is 290 g/mol. The quantitative estimate of drug-likeness (QED) is 0.832. The van der Waals surface area contributed by atoms with E-state index in [0.29, 0.717) is 5.75 Å². The molecule has 2 rings (SSSR count). The monoisotopic (exact) mass is 290 g/mol. The number of rotatable bonds is 4. The zero-order valence-electron chi connectivity index (χ0n) is 12.0. The molecule has 1 N–H and O–H groups in total. The van der Waals surface area contributed by atoms with Gasteiger partial charge in [-0.05, 0) is 67.3 Å². The number of hydrogen-bond acceptors (Lipinski definition) is 2. The number of aryl methyl sites for hydroxylation is 3. The summed E-state index contributed by atoms with van der Waals surface area (Å²) in [6.07, 6.45) is -0.510. The van der Waals surface area contributed by atoms with Crippen LogP contribution < -0.4 is 0 Å². The van der Waals surface area contributed by atoms with Crippen LogP contribution in [-0.2, 0) is 0 Å². The summed E-state index contributed by atoms with van der Waals surface area (Å²) in [5.41, 5.74) is 4.52. The molecule has 106 valence electrons. The Morgan fingerprint density at radius 2 is 1.60 bits per heavy atom. The van der Waals surface area contributed by atoms with Gasteiger partial charge < -0.3 is 5.11 Å². The molecule has 0 saturated carbocycles. The maximum absolute atomic E-state index is 12.8. The van der Waals surface area contributed by atoms with E-state index in [1.807, 2.05) is 6.92 Å². The number of thioether (sulfide) groups is 1. The summed E-state index contributed by atoms with van der Waals surface area (Å²) in [6, 6.07) is 10.5. The summed E-state index contributed by atoms with van der Waals surface area (Å²) in [7, 11) is 0. The van der Waals surface area contributed by atoms with Crippen molar-refractivity contribution in [2.24, 2.45) is 0 Å². The Morgan fingerprint density at radius 1 is 1.00 bits per heavy atom. The standard InChI is InChI=1S/C17H19FOS/c1-11-8-13(3)16(9-12(11)2)17(19)10-20-15-6-4-14(18)5-7-15/h4-9,17,19H,10H2,1-3H3. The number of aliphatic hydroxyl groups is 1. The molecule has 0 fully saturated rings. The van der Waals surface area contributed by atoms with E-state index in [1.165, 1.54) is 35.0 Å². The highest BCUT2D eigenvalue weighted by Crippen LogP contribution is 2.28. The first kappa shape index (κ1) is 15.1. The Kier molecular flexibility index (Phi) is 4.84. The van der Waals surface area contributed by atoms with Gasteiger partial charge in [0.05, 0.1) is 6.10 Å². The van der Waals surface area contributed by atoms with E-state index in [0.717, 1.165) is 16.0 Å². The average Bonchev–Trinajstić information content (AvgIpc) is 2.42. The molecule has 0 aliphatic heterocycles. The molecule has 1 unspecified atom stereocenters. The number of hydrogen-bond donors (Lipinski definition) is 1. The maximum atomic E-state index is 12.8. The fourth-order valence-corrected chi connectivity index (χ4v) is 3.00. The molecule has 0 aliphatic rings. The highest BCUT2D eigenvalue weighted by atomic mass is 32.2. The molecule has 0 heterocycles. The van der Waals surface area contributed by atoms with Gasteiger partial charge in [0.1, 0.15) is 5.82 Å². The summed E-state index contributed by atoms with van der Waals surface area (Å²) in [5, 5.41) is 10.3. The number of aliphatic hydroxyl groups excluding tert-OH is 1. The van der Waals surface area contributed by atoms with Crippen LogP contribution in [0.15, 0.2) is 41.3 Å². The predicted octanol–water partition coefficient (Wildman–Crippen LogP) is 4.58. The van der Waals surface area contributed by atoms with Crippen LogP contribution in [0.3, 0.4) is 0 Å². The lowest BCUT2D eigenvalue weighted by Crippen LogP contribution is -2.04. The second-order valence-electron chi connectivity index (χ2n) is 5.07. The fourth-order valence-electron chi connectivity index (χ4n) is 2.14. The van der Waals surface area contributed by atoms with E-state index >= 15 is 0 Å². The van der Waals surface area contributed by atoms with Gasteiger partial charge in [-0.25, -0.2) is 4.39 Å². The lowest BCUT2D eigenvalue weighted by molar-refractivity contribution is 0.203. The van der Waals surface area contributed by atoms with Gasteiger partial charge in [-0.1, -0.05) is 12.1 Å². The Hall–Kier alpha value is -1.32.